The fraction of sp³-hybridized carbons (Fsp3) is 0.600. The predicted octanol–water partition coefficient (Wildman–Crippen LogP) is 0.390. The monoisotopic (exact) mass is 241 g/mol. The molecule has 0 bridgehead atoms. The van der Waals surface area contributed by atoms with Crippen molar-refractivity contribution >= 4 is 17.2 Å². The van der Waals surface area contributed by atoms with Gasteiger partial charge in [0.15, 0.2) is 0 Å². The molecule has 0 saturated carbocycles. The molecular weight excluding hydrogens is 226 g/mol. The van der Waals surface area contributed by atoms with Crippen LogP contribution in [0.2, 0.25) is 0 Å². The first-order valence-corrected chi connectivity index (χ1v) is 6.05. The Labute approximate surface area is 98.2 Å². The van der Waals surface area contributed by atoms with E-state index in [-0.39, 0.29) is 18.0 Å². The maximum Gasteiger partial charge on any atom is 0.224 e. The van der Waals surface area contributed by atoms with Gasteiger partial charge in [0, 0.05) is 37.7 Å². The summed E-state index contributed by atoms with van der Waals surface area (Å²) in [6.07, 6.45) is 2.14. The molecule has 6 heteroatoms. The number of hydrogen-bond donors (Lipinski definition) is 1. The lowest BCUT2D eigenvalue weighted by atomic mass is 10.1. The van der Waals surface area contributed by atoms with E-state index in [0.717, 1.165) is 5.01 Å². The molecule has 1 saturated heterocycles. The van der Waals surface area contributed by atoms with E-state index in [0.29, 0.717) is 19.6 Å². The van der Waals surface area contributed by atoms with Crippen LogP contribution in [0.5, 0.6) is 0 Å². The third-order valence-electron chi connectivity index (χ3n) is 2.71. The van der Waals surface area contributed by atoms with E-state index in [4.69, 9.17) is 10.5 Å². The maximum absolute atomic E-state index is 11.8. The van der Waals surface area contributed by atoms with Crippen LogP contribution < -0.4 is 5.73 Å². The first-order chi connectivity index (χ1) is 7.74. The Hall–Kier alpha value is -0.980. The van der Waals surface area contributed by atoms with E-state index >= 15 is 0 Å². The summed E-state index contributed by atoms with van der Waals surface area (Å²) in [7, 11) is 1.62. The number of carbonyl (C=O) groups is 1. The van der Waals surface area contributed by atoms with E-state index in [1.54, 1.807) is 18.2 Å². The maximum atomic E-state index is 11.8. The van der Waals surface area contributed by atoms with Crippen molar-refractivity contribution in [2.45, 2.75) is 18.5 Å². The number of methoxy groups -OCH3 is 1. The Kier molecular flexibility index (Phi) is 3.52. The third-order valence-corrected chi connectivity index (χ3v) is 3.56. The lowest BCUT2D eigenvalue weighted by molar-refractivity contribution is -0.129. The highest BCUT2D eigenvalue weighted by Crippen LogP contribution is 2.32. The molecule has 88 valence electrons. The average molecular weight is 241 g/mol. The van der Waals surface area contributed by atoms with Gasteiger partial charge in [-0.2, -0.15) is 0 Å². The van der Waals surface area contributed by atoms with Gasteiger partial charge in [-0.1, -0.05) is 0 Å². The molecule has 2 N–H and O–H groups in total. The Bertz CT molecular complexity index is 355. The number of hydrogen-bond acceptors (Lipinski definition) is 5. The van der Waals surface area contributed by atoms with Gasteiger partial charge in [0.1, 0.15) is 5.01 Å². The van der Waals surface area contributed by atoms with Gasteiger partial charge in [-0.25, -0.2) is 4.98 Å². The van der Waals surface area contributed by atoms with Gasteiger partial charge >= 0.3 is 0 Å². The van der Waals surface area contributed by atoms with E-state index in [9.17, 15) is 4.79 Å². The largest absolute Gasteiger partial charge is 0.383 e. The number of amides is 1. The van der Waals surface area contributed by atoms with Crippen molar-refractivity contribution in [2.24, 2.45) is 5.73 Å². The van der Waals surface area contributed by atoms with Crippen LogP contribution in [-0.2, 0) is 9.53 Å². The standard InChI is InChI=1S/C10H15N3O2S/c1-15-4-3-13-8(14)6-7(11)9(13)10-12-2-5-16-10/h2,5,7,9H,3-4,6,11H2,1H3. The van der Waals surface area contributed by atoms with Gasteiger partial charge in [0.05, 0.1) is 12.6 Å². The first-order valence-electron chi connectivity index (χ1n) is 5.17. The van der Waals surface area contributed by atoms with E-state index < -0.39 is 0 Å². The Morgan fingerprint density at radius 3 is 3.19 bits per heavy atom. The second kappa shape index (κ2) is 4.90. The normalized spacial score (nSPS) is 25.4. The number of nitrogens with two attached hydrogens (primary N) is 1. The van der Waals surface area contributed by atoms with E-state index in [1.165, 1.54) is 11.3 Å². The quantitative estimate of drug-likeness (QED) is 0.828. The van der Waals surface area contributed by atoms with Gasteiger partial charge < -0.3 is 15.4 Å². The molecule has 1 aromatic rings. The van der Waals surface area contributed by atoms with Gasteiger partial charge in [0.25, 0.3) is 0 Å². The summed E-state index contributed by atoms with van der Waals surface area (Å²) in [6, 6.07) is -0.238. The predicted molar refractivity (Wildman–Crippen MR) is 61.0 cm³/mol. The number of ether oxygens (including phenoxy) is 1. The number of carbonyl (C=O) groups excluding carboxylic acids is 1. The van der Waals surface area contributed by atoms with Gasteiger partial charge in [0.2, 0.25) is 5.91 Å². The highest BCUT2D eigenvalue weighted by atomic mass is 32.1. The van der Waals surface area contributed by atoms with Crippen molar-refractivity contribution in [2.75, 3.05) is 20.3 Å². The minimum Gasteiger partial charge on any atom is -0.383 e. The number of likely N-dealkylation sites (tertiary alicyclic amines) is 1. The minimum absolute atomic E-state index is 0.0809. The minimum atomic E-state index is -0.157. The van der Waals surface area contributed by atoms with Crippen LogP contribution in [-0.4, -0.2) is 42.1 Å². The number of rotatable bonds is 4. The molecule has 2 unspecified atom stereocenters. The number of aromatic nitrogens is 1. The van der Waals surface area contributed by atoms with E-state index in [2.05, 4.69) is 4.98 Å². The Morgan fingerprint density at radius 2 is 2.56 bits per heavy atom. The summed E-state index contributed by atoms with van der Waals surface area (Å²) in [5.41, 5.74) is 5.99. The van der Waals surface area contributed by atoms with Crippen molar-refractivity contribution in [3.05, 3.63) is 16.6 Å². The number of thiazole rings is 1. The summed E-state index contributed by atoms with van der Waals surface area (Å²) < 4.78 is 5.00. The first kappa shape index (κ1) is 11.5. The molecule has 2 atom stereocenters. The number of nitrogens with zero attached hydrogens (tertiary/aromatic N) is 2. The molecule has 0 radical (unpaired) electrons. The molecule has 16 heavy (non-hydrogen) atoms. The lowest BCUT2D eigenvalue weighted by Crippen LogP contribution is -2.35. The molecule has 2 rings (SSSR count). The zero-order chi connectivity index (χ0) is 11.5. The highest BCUT2D eigenvalue weighted by molar-refractivity contribution is 7.09. The summed E-state index contributed by atoms with van der Waals surface area (Å²) >= 11 is 1.54. The fourth-order valence-electron chi connectivity index (χ4n) is 1.97. The van der Waals surface area contributed by atoms with Crippen LogP contribution in [0.1, 0.15) is 17.5 Å². The van der Waals surface area contributed by atoms with Crippen LogP contribution in [0, 0.1) is 0 Å². The van der Waals surface area contributed by atoms with Crippen molar-refractivity contribution in [1.29, 1.82) is 0 Å². The highest BCUT2D eigenvalue weighted by Gasteiger charge is 2.39. The third kappa shape index (κ3) is 2.09. The smallest absolute Gasteiger partial charge is 0.224 e. The average Bonchev–Trinajstić information content (AvgIpc) is 2.83. The van der Waals surface area contributed by atoms with Gasteiger partial charge in [-0.05, 0) is 0 Å². The molecule has 5 nitrogen and oxygen atoms in total. The van der Waals surface area contributed by atoms with Crippen LogP contribution in [0.25, 0.3) is 0 Å². The molecule has 0 aromatic carbocycles. The Morgan fingerprint density at radius 1 is 1.75 bits per heavy atom. The van der Waals surface area contributed by atoms with Crippen LogP contribution in [0.4, 0.5) is 0 Å². The Balaban J connectivity index is 2.16. The summed E-state index contributed by atoms with van der Waals surface area (Å²) in [5.74, 6) is 0.0877. The summed E-state index contributed by atoms with van der Waals surface area (Å²) in [4.78, 5) is 17.8. The zero-order valence-corrected chi connectivity index (χ0v) is 9.94. The molecule has 1 fully saturated rings. The van der Waals surface area contributed by atoms with Crippen molar-refractivity contribution in [1.82, 2.24) is 9.88 Å². The zero-order valence-electron chi connectivity index (χ0n) is 9.13. The van der Waals surface area contributed by atoms with Crippen molar-refractivity contribution < 1.29 is 9.53 Å². The summed E-state index contributed by atoms with van der Waals surface area (Å²) in [5, 5.41) is 2.81. The van der Waals surface area contributed by atoms with Gasteiger partial charge in [-0.15, -0.1) is 11.3 Å². The second-order valence-corrected chi connectivity index (χ2v) is 4.69. The van der Waals surface area contributed by atoms with Gasteiger partial charge in [-0.3, -0.25) is 4.79 Å². The SMILES string of the molecule is COCCN1C(=O)CC(N)C1c1nccs1. The molecular formula is C10H15N3O2S. The van der Waals surface area contributed by atoms with Crippen LogP contribution >= 0.6 is 11.3 Å². The van der Waals surface area contributed by atoms with Crippen molar-refractivity contribution in [3.63, 3.8) is 0 Å². The van der Waals surface area contributed by atoms with Crippen LogP contribution in [0.15, 0.2) is 11.6 Å². The fourth-order valence-corrected chi connectivity index (χ4v) is 2.79. The van der Waals surface area contributed by atoms with E-state index in [1.807, 2.05) is 5.38 Å². The van der Waals surface area contributed by atoms with Crippen molar-refractivity contribution in [3.8, 4) is 0 Å². The molecule has 2 heterocycles. The lowest BCUT2D eigenvalue weighted by Gasteiger charge is -2.24. The second-order valence-electron chi connectivity index (χ2n) is 3.76. The summed E-state index contributed by atoms with van der Waals surface area (Å²) in [6.45, 7) is 1.10. The molecule has 1 amide bonds. The molecule has 0 aliphatic carbocycles. The topological polar surface area (TPSA) is 68.5 Å². The molecule has 1 aliphatic rings. The van der Waals surface area contributed by atoms with Crippen LogP contribution in [0.3, 0.4) is 0 Å². The molecule has 1 aromatic heterocycles. The molecule has 0 spiro atoms. The molecule has 1 aliphatic heterocycles.